The maximum absolute atomic E-state index is 6.26. The van der Waals surface area contributed by atoms with E-state index in [1.807, 2.05) is 18.2 Å². The first kappa shape index (κ1) is 14.0. The number of allylic oxidation sites excluding steroid dienone is 5. The normalized spacial score (nSPS) is 31.6. The van der Waals surface area contributed by atoms with Gasteiger partial charge in [-0.2, -0.15) is 0 Å². The predicted octanol–water partition coefficient (Wildman–Crippen LogP) is 5.11. The van der Waals surface area contributed by atoms with Gasteiger partial charge in [-0.1, -0.05) is 36.2 Å². The van der Waals surface area contributed by atoms with Crippen LogP contribution in [0, 0.1) is 5.92 Å². The molecule has 1 nitrogen and oxygen atoms in total. The molecular weight excluding hydrogens is 291 g/mol. The van der Waals surface area contributed by atoms with Crippen LogP contribution in [0.5, 0.6) is 0 Å². The van der Waals surface area contributed by atoms with E-state index in [9.17, 15) is 0 Å². The lowest BCUT2D eigenvalue weighted by atomic mass is 9.97. The first-order valence-corrected chi connectivity index (χ1v) is 7.22. The van der Waals surface area contributed by atoms with Crippen LogP contribution in [0.3, 0.4) is 0 Å². The highest BCUT2D eigenvalue weighted by atomic mass is 35.5. The van der Waals surface area contributed by atoms with Crippen LogP contribution in [-0.2, 0) is 4.74 Å². The second kappa shape index (κ2) is 6.18. The zero-order valence-electron chi connectivity index (χ0n) is 10.1. The van der Waals surface area contributed by atoms with E-state index in [2.05, 4.69) is 13.0 Å². The van der Waals surface area contributed by atoms with Gasteiger partial charge in [-0.3, -0.25) is 0 Å². The van der Waals surface area contributed by atoms with Crippen molar-refractivity contribution in [2.45, 2.75) is 31.2 Å². The fourth-order valence-corrected chi connectivity index (χ4v) is 2.73. The summed E-state index contributed by atoms with van der Waals surface area (Å²) in [5, 5.41) is 1.22. The quantitative estimate of drug-likeness (QED) is 0.659. The molecule has 0 aromatic carbocycles. The van der Waals surface area contributed by atoms with Gasteiger partial charge in [-0.15, -0.1) is 11.6 Å². The van der Waals surface area contributed by atoms with Gasteiger partial charge in [-0.25, -0.2) is 0 Å². The highest BCUT2D eigenvalue weighted by Crippen LogP contribution is 2.30. The molecule has 0 spiro atoms. The molecule has 0 amide bonds. The predicted molar refractivity (Wildman–Crippen MR) is 78.0 cm³/mol. The molecule has 2 aliphatic rings. The van der Waals surface area contributed by atoms with Crippen molar-refractivity contribution >= 4 is 34.8 Å². The van der Waals surface area contributed by atoms with Gasteiger partial charge in [0.05, 0.1) is 10.4 Å². The highest BCUT2D eigenvalue weighted by Gasteiger charge is 2.20. The number of alkyl halides is 1. The van der Waals surface area contributed by atoms with Crippen molar-refractivity contribution in [2.75, 3.05) is 0 Å². The summed E-state index contributed by atoms with van der Waals surface area (Å²) in [5.74, 6) is 1.19. The van der Waals surface area contributed by atoms with Gasteiger partial charge in [0.15, 0.2) is 0 Å². The van der Waals surface area contributed by atoms with Gasteiger partial charge in [0.25, 0.3) is 0 Å². The third-order valence-corrected chi connectivity index (χ3v) is 4.35. The number of hydrogen-bond acceptors (Lipinski definition) is 1. The summed E-state index contributed by atoms with van der Waals surface area (Å²) in [6.07, 6.45) is 11.3. The molecule has 3 unspecified atom stereocenters. The lowest BCUT2D eigenvalue weighted by molar-refractivity contribution is 0.163. The van der Waals surface area contributed by atoms with Crippen LogP contribution in [-0.4, -0.2) is 11.5 Å². The van der Waals surface area contributed by atoms with Gasteiger partial charge in [0, 0.05) is 11.5 Å². The summed E-state index contributed by atoms with van der Waals surface area (Å²) in [7, 11) is 0. The molecule has 0 fully saturated rings. The van der Waals surface area contributed by atoms with E-state index in [1.54, 1.807) is 6.08 Å². The molecule has 4 heteroatoms. The first-order chi connectivity index (χ1) is 8.60. The van der Waals surface area contributed by atoms with Gasteiger partial charge < -0.3 is 4.74 Å². The SMILES string of the molecule is CCC1C=CC(OC2C=CC(Cl)=C(Cl)C2)=CC1Cl. The Balaban J connectivity index is 1.97. The molecule has 0 saturated carbocycles. The zero-order valence-corrected chi connectivity index (χ0v) is 12.3. The van der Waals surface area contributed by atoms with Crippen LogP contribution in [0.1, 0.15) is 19.8 Å². The van der Waals surface area contributed by atoms with Crippen LogP contribution in [0.25, 0.3) is 0 Å². The smallest absolute Gasteiger partial charge is 0.122 e. The molecule has 0 aliphatic heterocycles. The molecule has 0 aromatic heterocycles. The fraction of sp³-hybridized carbons (Fsp3) is 0.429. The van der Waals surface area contributed by atoms with Gasteiger partial charge in [-0.05, 0) is 36.6 Å². The third-order valence-electron chi connectivity index (χ3n) is 3.10. The van der Waals surface area contributed by atoms with Crippen LogP contribution < -0.4 is 0 Å². The molecule has 0 aromatic rings. The second-order valence-corrected chi connectivity index (χ2v) is 5.78. The molecule has 2 rings (SSSR count). The highest BCUT2D eigenvalue weighted by molar-refractivity contribution is 6.40. The summed E-state index contributed by atoms with van der Waals surface area (Å²) in [5.41, 5.74) is 0. The lowest BCUT2D eigenvalue weighted by Crippen LogP contribution is -2.17. The van der Waals surface area contributed by atoms with Crippen LogP contribution in [0.4, 0.5) is 0 Å². The molecule has 0 saturated heterocycles. The van der Waals surface area contributed by atoms with Crippen LogP contribution in [0.15, 0.2) is 46.2 Å². The molecule has 3 atom stereocenters. The van der Waals surface area contributed by atoms with E-state index >= 15 is 0 Å². The molecule has 0 radical (unpaired) electrons. The Bertz CT molecular complexity index is 434. The van der Waals surface area contributed by atoms with Crippen molar-refractivity contribution in [1.82, 2.24) is 0 Å². The zero-order chi connectivity index (χ0) is 13.1. The van der Waals surface area contributed by atoms with E-state index in [0.29, 0.717) is 22.4 Å². The van der Waals surface area contributed by atoms with Crippen LogP contribution >= 0.6 is 34.8 Å². The molecule has 0 bridgehead atoms. The Hall–Kier alpha value is -0.370. The van der Waals surface area contributed by atoms with Gasteiger partial charge >= 0.3 is 0 Å². The summed E-state index contributed by atoms with van der Waals surface area (Å²) in [4.78, 5) is 0. The lowest BCUT2D eigenvalue weighted by Gasteiger charge is -2.24. The van der Waals surface area contributed by atoms with E-state index in [-0.39, 0.29) is 11.5 Å². The molecule has 98 valence electrons. The Morgan fingerprint density at radius 3 is 2.67 bits per heavy atom. The van der Waals surface area contributed by atoms with Crippen molar-refractivity contribution in [3.8, 4) is 0 Å². The standard InChI is InChI=1S/C14H15Cl3O/c1-2-9-3-4-10(7-13(9)16)18-11-5-6-12(15)14(17)8-11/h3-7,9,11,13H,2,8H2,1H3. The summed E-state index contributed by atoms with van der Waals surface area (Å²) in [6.45, 7) is 2.13. The second-order valence-electron chi connectivity index (χ2n) is 4.42. The molecule has 2 aliphatic carbocycles. The summed E-state index contributed by atoms with van der Waals surface area (Å²) >= 11 is 18.2. The minimum Gasteiger partial charge on any atom is -0.486 e. The van der Waals surface area contributed by atoms with Crippen molar-refractivity contribution in [2.24, 2.45) is 5.92 Å². The van der Waals surface area contributed by atoms with Crippen molar-refractivity contribution in [1.29, 1.82) is 0 Å². The summed E-state index contributed by atoms with van der Waals surface area (Å²) < 4.78 is 5.84. The van der Waals surface area contributed by atoms with Crippen molar-refractivity contribution in [3.63, 3.8) is 0 Å². The van der Waals surface area contributed by atoms with Crippen molar-refractivity contribution < 1.29 is 4.74 Å². The van der Waals surface area contributed by atoms with Crippen molar-refractivity contribution in [3.05, 3.63) is 46.2 Å². The number of ether oxygens (including phenoxy) is 1. The molecule has 18 heavy (non-hydrogen) atoms. The molecular formula is C14H15Cl3O. The Labute approximate surface area is 123 Å². The van der Waals surface area contributed by atoms with E-state index in [4.69, 9.17) is 39.5 Å². The molecule has 0 N–H and O–H groups in total. The third kappa shape index (κ3) is 3.34. The van der Waals surface area contributed by atoms with E-state index in [0.717, 1.165) is 12.2 Å². The average Bonchev–Trinajstić information content (AvgIpc) is 2.34. The fourth-order valence-electron chi connectivity index (χ4n) is 1.98. The average molecular weight is 306 g/mol. The monoisotopic (exact) mass is 304 g/mol. The summed E-state index contributed by atoms with van der Waals surface area (Å²) in [6, 6.07) is 0. The van der Waals surface area contributed by atoms with Crippen LogP contribution in [0.2, 0.25) is 0 Å². The number of hydrogen-bond donors (Lipinski definition) is 0. The minimum absolute atomic E-state index is 0.00262. The largest absolute Gasteiger partial charge is 0.486 e. The topological polar surface area (TPSA) is 9.23 Å². The van der Waals surface area contributed by atoms with Gasteiger partial charge in [0.2, 0.25) is 0 Å². The first-order valence-electron chi connectivity index (χ1n) is 6.03. The van der Waals surface area contributed by atoms with Gasteiger partial charge in [0.1, 0.15) is 11.9 Å². The maximum Gasteiger partial charge on any atom is 0.122 e. The Morgan fingerprint density at radius 2 is 2.06 bits per heavy atom. The Morgan fingerprint density at radius 1 is 1.28 bits per heavy atom. The minimum atomic E-state index is -0.0713. The van der Waals surface area contributed by atoms with E-state index < -0.39 is 0 Å². The maximum atomic E-state index is 6.26. The number of rotatable bonds is 3. The number of halogens is 3. The Kier molecular flexibility index (Phi) is 4.83. The molecule has 0 heterocycles. The van der Waals surface area contributed by atoms with E-state index in [1.165, 1.54) is 0 Å².